The molecule has 0 aromatic rings. The van der Waals surface area contributed by atoms with Crippen molar-refractivity contribution in [2.45, 2.75) is 227 Å². The molecule has 0 radical (unpaired) electrons. The molecule has 0 spiro atoms. The molecule has 44 heavy (non-hydrogen) atoms. The van der Waals surface area contributed by atoms with Gasteiger partial charge in [0, 0.05) is 15.8 Å². The predicted octanol–water partition coefficient (Wildman–Crippen LogP) is 15.2. The second-order valence-corrected chi connectivity index (χ2v) is 27.3. The van der Waals surface area contributed by atoms with Crippen molar-refractivity contribution in [3.8, 4) is 0 Å². The summed E-state index contributed by atoms with van der Waals surface area (Å²) in [5.41, 5.74) is 7.36. The molecule has 0 atom stereocenters. The van der Waals surface area contributed by atoms with Crippen LogP contribution < -0.4 is 0 Å². The van der Waals surface area contributed by atoms with Crippen molar-refractivity contribution < 1.29 is 30.3 Å². The molecule has 0 bridgehead atoms. The topological polar surface area (TPSA) is 0 Å². The Morgan fingerprint density at radius 1 is 0.250 bits per heavy atom. The minimum absolute atomic E-state index is 0.0465. The molecular formula is C36H68Cl4P2Ru2+2. The van der Waals surface area contributed by atoms with Gasteiger partial charge in [-0.2, -0.15) is 0 Å². The standard InChI is InChI=1S/2C18H33P.4ClH.2Ru/c2*1-4-10-16(11-5-1)19(17-12-6-2-7-13-17)18-14-8-3-9-15-18;;;;;;/h2*16-18H,1-15H2;4*1H;;/q;;;;;;2*+2/p-2. The molecule has 264 valence electrons. The number of rotatable bonds is 6. The van der Waals surface area contributed by atoms with Crippen molar-refractivity contribution in [2.75, 3.05) is 0 Å². The third kappa shape index (κ3) is 15.7. The molecule has 0 N–H and O–H groups in total. The molecule has 6 aliphatic carbocycles. The van der Waals surface area contributed by atoms with E-state index in [1.165, 1.54) is 34.0 Å². The van der Waals surface area contributed by atoms with Crippen molar-refractivity contribution >= 4 is 54.6 Å². The quantitative estimate of drug-likeness (QED) is 0.184. The maximum absolute atomic E-state index is 4.85. The Morgan fingerprint density at radius 2 is 0.364 bits per heavy atom. The van der Waals surface area contributed by atoms with E-state index >= 15 is 0 Å². The fraction of sp³-hybridized carbons (Fsp3) is 1.00. The average Bonchev–Trinajstić information content (AvgIpc) is 3.09. The summed E-state index contributed by atoms with van der Waals surface area (Å²) in [5, 5.41) is 0. The van der Waals surface area contributed by atoms with Crippen molar-refractivity contribution in [3.63, 3.8) is 0 Å². The van der Waals surface area contributed by atoms with Gasteiger partial charge in [-0.05, 0) is 154 Å². The van der Waals surface area contributed by atoms with Gasteiger partial charge in [0.2, 0.25) is 0 Å². The summed E-state index contributed by atoms with van der Waals surface area (Å²) in [5.74, 6) is 0. The Labute approximate surface area is 308 Å². The van der Waals surface area contributed by atoms with Crippen LogP contribution in [0.5, 0.6) is 0 Å². The Hall–Kier alpha value is 3.27. The van der Waals surface area contributed by atoms with Crippen LogP contribution in [0.4, 0.5) is 0 Å². The van der Waals surface area contributed by atoms with E-state index in [4.69, 9.17) is 38.8 Å². The summed E-state index contributed by atoms with van der Waals surface area (Å²) in [7, 11) is 19.3. The Balaban J connectivity index is 0.000000204. The zero-order chi connectivity index (χ0) is 31.2. The van der Waals surface area contributed by atoms with E-state index < -0.39 is 0 Å². The van der Waals surface area contributed by atoms with E-state index in [1.54, 1.807) is 193 Å². The molecule has 6 saturated carbocycles. The van der Waals surface area contributed by atoms with E-state index in [0.29, 0.717) is 0 Å². The van der Waals surface area contributed by atoms with Gasteiger partial charge in [0.15, 0.2) is 0 Å². The maximum atomic E-state index is 4.85. The molecule has 6 fully saturated rings. The van der Waals surface area contributed by atoms with Crippen LogP contribution in [0.15, 0.2) is 0 Å². The molecule has 0 aromatic heterocycles. The van der Waals surface area contributed by atoms with Gasteiger partial charge < -0.3 is 0 Å². The first-order valence-corrected chi connectivity index (χ1v) is 31.6. The fourth-order valence-electron chi connectivity index (χ4n) is 10.6. The molecule has 0 aliphatic heterocycles. The second-order valence-electron chi connectivity index (χ2n) is 15.1. The Kier molecular flexibility index (Phi) is 25.6. The summed E-state index contributed by atoms with van der Waals surface area (Å²) >= 11 is -0.691. The van der Waals surface area contributed by atoms with E-state index in [9.17, 15) is 0 Å². The molecule has 0 heterocycles. The van der Waals surface area contributed by atoms with Gasteiger partial charge in [-0.3, -0.25) is 0 Å². The molecule has 0 saturated heterocycles. The minimum atomic E-state index is -0.346. The van der Waals surface area contributed by atoms with Crippen LogP contribution in [-0.4, -0.2) is 34.0 Å². The summed E-state index contributed by atoms with van der Waals surface area (Å²) in [6.07, 6.45) is 47.6. The van der Waals surface area contributed by atoms with Crippen LogP contribution in [0.3, 0.4) is 0 Å². The van der Waals surface area contributed by atoms with Gasteiger partial charge in [-0.15, -0.1) is 0 Å². The van der Waals surface area contributed by atoms with Crippen molar-refractivity contribution in [2.24, 2.45) is 0 Å². The third-order valence-corrected chi connectivity index (χ3v) is 21.6. The van der Waals surface area contributed by atoms with Gasteiger partial charge in [0.05, 0.1) is 34.0 Å². The fourth-order valence-corrected chi connectivity index (χ4v) is 21.1. The molecule has 6 rings (SSSR count). The van der Waals surface area contributed by atoms with Crippen LogP contribution in [0.25, 0.3) is 0 Å². The number of halogens is 4. The first-order valence-electron chi connectivity index (χ1n) is 19.2. The van der Waals surface area contributed by atoms with Crippen LogP contribution in [0.2, 0.25) is 0 Å². The van der Waals surface area contributed by atoms with E-state index in [0.717, 1.165) is 0 Å². The summed E-state index contributed by atoms with van der Waals surface area (Å²) in [6, 6.07) is 0. The Morgan fingerprint density at radius 3 is 0.477 bits per heavy atom. The van der Waals surface area contributed by atoms with Gasteiger partial charge in [-0.1, -0.05) is 38.5 Å². The zero-order valence-electron chi connectivity index (χ0n) is 27.9. The summed E-state index contributed by atoms with van der Waals surface area (Å²) in [4.78, 5) is 0. The molecule has 0 aromatic carbocycles. The van der Waals surface area contributed by atoms with Gasteiger partial charge in [-0.25, -0.2) is 0 Å². The number of hydrogen-bond donors (Lipinski definition) is 0. The van der Waals surface area contributed by atoms with Crippen molar-refractivity contribution in [1.82, 2.24) is 0 Å². The van der Waals surface area contributed by atoms with Crippen LogP contribution in [-0.2, 0) is 30.3 Å². The molecule has 0 unspecified atom stereocenters. The van der Waals surface area contributed by atoms with E-state index in [-0.39, 0.29) is 46.1 Å². The molecular weight excluding hydrogens is 838 g/mol. The molecule has 0 amide bonds. The SMILES string of the molecule is C1CCC([PH+](C2CCCCC2)C2CCCCC2)CC1.C1CCC([PH+](C2CCCCC2)C2CCCCC2)CC1.[Cl][Ru][Cl].[Cl][Ru][Cl]. The predicted molar refractivity (Wildman–Crippen MR) is 201 cm³/mol. The van der Waals surface area contributed by atoms with E-state index in [1.807, 2.05) is 0 Å². The monoisotopic (exact) mass is 906 g/mol. The normalized spacial score (nSPS) is 26.0. The Bertz CT molecular complexity index is 515. The first-order chi connectivity index (χ1) is 21.7. The zero-order valence-corrected chi connectivity index (χ0v) is 36.4. The van der Waals surface area contributed by atoms with Gasteiger partial charge in [0.25, 0.3) is 0 Å². The van der Waals surface area contributed by atoms with Gasteiger partial charge in [0.1, 0.15) is 0 Å². The van der Waals surface area contributed by atoms with Crippen LogP contribution in [0.1, 0.15) is 193 Å². The third-order valence-electron chi connectivity index (χ3n) is 12.5. The van der Waals surface area contributed by atoms with Crippen LogP contribution >= 0.6 is 54.6 Å². The first kappa shape index (κ1) is 41.7. The molecule has 8 heteroatoms. The average molecular weight is 907 g/mol. The van der Waals surface area contributed by atoms with Crippen molar-refractivity contribution in [1.29, 1.82) is 0 Å². The van der Waals surface area contributed by atoms with Crippen molar-refractivity contribution in [3.05, 3.63) is 0 Å². The molecule has 6 aliphatic rings. The summed E-state index contributed by atoms with van der Waals surface area (Å²) in [6.45, 7) is 0. The van der Waals surface area contributed by atoms with Gasteiger partial charge >= 0.3 is 69.1 Å². The van der Waals surface area contributed by atoms with E-state index in [2.05, 4.69) is 0 Å². The molecule has 0 nitrogen and oxygen atoms in total. The van der Waals surface area contributed by atoms with Crippen LogP contribution in [0, 0.1) is 0 Å². The summed E-state index contributed by atoms with van der Waals surface area (Å²) < 4.78 is 0. The second kappa shape index (κ2) is 27.0. The number of hydrogen-bond acceptors (Lipinski definition) is 0.